The Morgan fingerprint density at radius 2 is 1.97 bits per heavy atom. The van der Waals surface area contributed by atoms with Crippen molar-refractivity contribution >= 4 is 45.5 Å². The molecule has 4 aromatic rings. The molecule has 0 unspecified atom stereocenters. The topological polar surface area (TPSA) is 51.0 Å². The Labute approximate surface area is 190 Å². The SMILES string of the molecule is CCN(C(=O)[C@H](C)Sc1nnc(-c2cccs2)n1C1CC1)c1cccc2ccccc12. The van der Waals surface area contributed by atoms with E-state index in [0.29, 0.717) is 12.6 Å². The molecule has 0 saturated heterocycles. The Balaban J connectivity index is 1.43. The highest BCUT2D eigenvalue weighted by atomic mass is 32.2. The fraction of sp³-hybridized carbons (Fsp3) is 0.292. The summed E-state index contributed by atoms with van der Waals surface area (Å²) in [6.07, 6.45) is 2.28. The molecule has 2 aromatic heterocycles. The predicted octanol–water partition coefficient (Wildman–Crippen LogP) is 6.03. The third-order valence-electron chi connectivity index (χ3n) is 5.59. The van der Waals surface area contributed by atoms with E-state index in [1.165, 1.54) is 11.8 Å². The van der Waals surface area contributed by atoms with Crippen LogP contribution in [0.1, 0.15) is 32.7 Å². The average molecular weight is 449 g/mol. The number of thioether (sulfide) groups is 1. The van der Waals surface area contributed by atoms with Crippen molar-refractivity contribution in [3.8, 4) is 10.7 Å². The molecule has 2 aromatic carbocycles. The van der Waals surface area contributed by atoms with Gasteiger partial charge < -0.3 is 4.90 Å². The number of amides is 1. The van der Waals surface area contributed by atoms with Crippen molar-refractivity contribution in [2.24, 2.45) is 0 Å². The molecule has 1 amide bonds. The van der Waals surface area contributed by atoms with Crippen LogP contribution >= 0.6 is 23.1 Å². The number of carbonyl (C=O) groups excluding carboxylic acids is 1. The molecule has 0 spiro atoms. The maximum Gasteiger partial charge on any atom is 0.240 e. The highest BCUT2D eigenvalue weighted by Gasteiger charge is 2.32. The molecule has 0 aliphatic heterocycles. The lowest BCUT2D eigenvalue weighted by molar-refractivity contribution is -0.117. The van der Waals surface area contributed by atoms with Crippen LogP contribution in [0.4, 0.5) is 5.69 Å². The summed E-state index contributed by atoms with van der Waals surface area (Å²) >= 11 is 3.18. The maximum absolute atomic E-state index is 13.5. The van der Waals surface area contributed by atoms with Crippen molar-refractivity contribution in [2.75, 3.05) is 11.4 Å². The molecule has 31 heavy (non-hydrogen) atoms. The summed E-state index contributed by atoms with van der Waals surface area (Å²) in [6.45, 7) is 4.61. The fourth-order valence-electron chi connectivity index (χ4n) is 3.91. The summed E-state index contributed by atoms with van der Waals surface area (Å²) < 4.78 is 2.23. The summed E-state index contributed by atoms with van der Waals surface area (Å²) in [5, 5.41) is 13.8. The van der Waals surface area contributed by atoms with Crippen LogP contribution < -0.4 is 4.90 Å². The van der Waals surface area contributed by atoms with Crippen molar-refractivity contribution in [1.29, 1.82) is 0 Å². The summed E-state index contributed by atoms with van der Waals surface area (Å²) in [7, 11) is 0. The summed E-state index contributed by atoms with van der Waals surface area (Å²) in [5.41, 5.74) is 0.959. The third kappa shape index (κ3) is 3.88. The van der Waals surface area contributed by atoms with Gasteiger partial charge in [-0.3, -0.25) is 9.36 Å². The maximum atomic E-state index is 13.5. The van der Waals surface area contributed by atoms with Gasteiger partial charge in [0.1, 0.15) is 0 Å². The first-order chi connectivity index (χ1) is 15.2. The number of carbonyl (C=O) groups is 1. The monoisotopic (exact) mass is 448 g/mol. The number of aromatic nitrogens is 3. The lowest BCUT2D eigenvalue weighted by atomic mass is 10.1. The normalized spacial score (nSPS) is 14.6. The van der Waals surface area contributed by atoms with Crippen LogP contribution in [0.2, 0.25) is 0 Å². The zero-order valence-corrected chi connectivity index (χ0v) is 19.2. The Kier molecular flexibility index (Phi) is 5.54. The fourth-order valence-corrected chi connectivity index (χ4v) is 5.60. The number of nitrogens with zero attached hydrogens (tertiary/aromatic N) is 4. The molecule has 1 saturated carbocycles. The quantitative estimate of drug-likeness (QED) is 0.324. The number of hydrogen-bond acceptors (Lipinski definition) is 5. The molecular weight excluding hydrogens is 424 g/mol. The minimum absolute atomic E-state index is 0.0897. The van der Waals surface area contributed by atoms with E-state index < -0.39 is 0 Å². The van der Waals surface area contributed by atoms with Crippen LogP contribution in [0.5, 0.6) is 0 Å². The highest BCUT2D eigenvalue weighted by molar-refractivity contribution is 8.00. The first kappa shape index (κ1) is 20.3. The minimum atomic E-state index is -0.267. The predicted molar refractivity (Wildman–Crippen MR) is 129 cm³/mol. The van der Waals surface area contributed by atoms with Gasteiger partial charge in [-0.1, -0.05) is 54.2 Å². The molecule has 5 rings (SSSR count). The molecule has 1 fully saturated rings. The molecule has 1 aliphatic carbocycles. The smallest absolute Gasteiger partial charge is 0.240 e. The number of fused-ring (bicyclic) bond motifs is 1. The summed E-state index contributed by atoms with van der Waals surface area (Å²) in [4.78, 5) is 16.5. The summed E-state index contributed by atoms with van der Waals surface area (Å²) in [6, 6.07) is 18.9. The van der Waals surface area contributed by atoms with Gasteiger partial charge in [-0.15, -0.1) is 21.5 Å². The molecule has 2 heterocycles. The Morgan fingerprint density at radius 3 is 2.71 bits per heavy atom. The van der Waals surface area contributed by atoms with Gasteiger partial charge in [0.15, 0.2) is 11.0 Å². The van der Waals surface area contributed by atoms with Crippen molar-refractivity contribution in [3.05, 3.63) is 60.0 Å². The second-order valence-corrected chi connectivity index (χ2v) is 9.98. The molecule has 1 aliphatic rings. The number of anilines is 1. The molecule has 0 bridgehead atoms. The van der Waals surface area contributed by atoms with Crippen molar-refractivity contribution < 1.29 is 4.79 Å². The van der Waals surface area contributed by atoms with Gasteiger partial charge >= 0.3 is 0 Å². The molecule has 5 nitrogen and oxygen atoms in total. The van der Waals surface area contributed by atoms with E-state index in [1.807, 2.05) is 49.1 Å². The van der Waals surface area contributed by atoms with Crippen LogP contribution in [0.15, 0.2) is 65.1 Å². The number of benzene rings is 2. The zero-order chi connectivity index (χ0) is 21.4. The standard InChI is InChI=1S/C24H24N4OS2/c1-3-27(20-11-6-9-17-8-4-5-10-19(17)20)23(29)16(2)31-24-26-25-22(21-12-7-15-30-21)28(24)18-13-14-18/h4-12,15-16,18H,3,13-14H2,1-2H3/t16-/m0/s1. The van der Waals surface area contributed by atoms with Gasteiger partial charge in [0.2, 0.25) is 5.91 Å². The zero-order valence-electron chi connectivity index (χ0n) is 17.6. The van der Waals surface area contributed by atoms with Gasteiger partial charge in [0, 0.05) is 18.0 Å². The molecule has 1 atom stereocenters. The van der Waals surface area contributed by atoms with E-state index in [0.717, 1.165) is 45.2 Å². The molecule has 0 radical (unpaired) electrons. The second-order valence-electron chi connectivity index (χ2n) is 7.73. The highest BCUT2D eigenvalue weighted by Crippen LogP contribution is 2.42. The number of rotatable bonds is 7. The van der Waals surface area contributed by atoms with Gasteiger partial charge in [-0.05, 0) is 49.6 Å². The third-order valence-corrected chi connectivity index (χ3v) is 7.50. The minimum Gasteiger partial charge on any atom is -0.311 e. The average Bonchev–Trinajstić information content (AvgIpc) is 3.31. The Morgan fingerprint density at radius 1 is 1.16 bits per heavy atom. The molecule has 0 N–H and O–H groups in total. The van der Waals surface area contributed by atoms with Gasteiger partial charge in [0.05, 0.1) is 15.8 Å². The van der Waals surface area contributed by atoms with Gasteiger partial charge in [0.25, 0.3) is 0 Å². The van der Waals surface area contributed by atoms with E-state index in [4.69, 9.17) is 0 Å². The number of hydrogen-bond donors (Lipinski definition) is 0. The van der Waals surface area contributed by atoms with Crippen LogP contribution in [0.25, 0.3) is 21.5 Å². The van der Waals surface area contributed by atoms with Crippen LogP contribution in [0, 0.1) is 0 Å². The van der Waals surface area contributed by atoms with E-state index >= 15 is 0 Å². The van der Waals surface area contributed by atoms with E-state index in [1.54, 1.807) is 11.3 Å². The molecular formula is C24H24N4OS2. The van der Waals surface area contributed by atoms with Crippen LogP contribution in [0.3, 0.4) is 0 Å². The lowest BCUT2D eigenvalue weighted by Crippen LogP contribution is -2.36. The number of thiophene rings is 1. The van der Waals surface area contributed by atoms with Crippen LogP contribution in [-0.2, 0) is 4.79 Å². The van der Waals surface area contributed by atoms with E-state index in [9.17, 15) is 4.79 Å². The Hall–Kier alpha value is -2.64. The van der Waals surface area contributed by atoms with Crippen molar-refractivity contribution in [1.82, 2.24) is 14.8 Å². The van der Waals surface area contributed by atoms with E-state index in [-0.39, 0.29) is 11.2 Å². The Bertz CT molecular complexity index is 1210. The van der Waals surface area contributed by atoms with Crippen molar-refractivity contribution in [3.63, 3.8) is 0 Å². The largest absolute Gasteiger partial charge is 0.311 e. The molecule has 7 heteroatoms. The van der Waals surface area contributed by atoms with Gasteiger partial charge in [-0.25, -0.2) is 0 Å². The van der Waals surface area contributed by atoms with Gasteiger partial charge in [-0.2, -0.15) is 0 Å². The lowest BCUT2D eigenvalue weighted by Gasteiger charge is -2.25. The van der Waals surface area contributed by atoms with E-state index in [2.05, 4.69) is 44.4 Å². The summed E-state index contributed by atoms with van der Waals surface area (Å²) in [5.74, 6) is 1.01. The second kappa shape index (κ2) is 8.48. The molecule has 158 valence electrons. The first-order valence-corrected chi connectivity index (χ1v) is 12.4. The van der Waals surface area contributed by atoms with Crippen LogP contribution in [-0.4, -0.2) is 32.5 Å². The van der Waals surface area contributed by atoms with Crippen molar-refractivity contribution in [2.45, 2.75) is 43.1 Å². The first-order valence-electron chi connectivity index (χ1n) is 10.6.